The molecule has 0 aromatic heterocycles. The Labute approximate surface area is 378 Å². The molecule has 0 aliphatic heterocycles. The predicted molar refractivity (Wildman–Crippen MR) is 261 cm³/mol. The van der Waals surface area contributed by atoms with E-state index >= 15 is 0 Å². The number of hydrogen-bond acceptors (Lipinski definition) is 6. The van der Waals surface area contributed by atoms with E-state index in [-0.39, 0.29) is 50.4 Å². The molecule has 6 nitrogen and oxygen atoms in total. The van der Waals surface area contributed by atoms with Gasteiger partial charge in [0, 0.05) is 19.3 Å². The molecule has 0 aliphatic rings. The van der Waals surface area contributed by atoms with E-state index < -0.39 is 6.10 Å². The first kappa shape index (κ1) is 58.6. The van der Waals surface area contributed by atoms with Crippen LogP contribution in [0.2, 0.25) is 0 Å². The Kier molecular flexibility index (Phi) is 48.3. The molecule has 356 valence electrons. The molecule has 0 fully saturated rings. The Bertz CT molecular complexity index is 1030. The Morgan fingerprint density at radius 1 is 0.311 bits per heavy atom. The molecule has 0 radical (unpaired) electrons. The monoisotopic (exact) mass is 857 g/mol. The number of carbonyl (C=O) groups is 3. The lowest BCUT2D eigenvalue weighted by Crippen LogP contribution is -2.30. The summed E-state index contributed by atoms with van der Waals surface area (Å²) in [4.78, 5) is 37.9. The van der Waals surface area contributed by atoms with E-state index in [1.54, 1.807) is 0 Å². The van der Waals surface area contributed by atoms with E-state index in [1.165, 1.54) is 199 Å². The van der Waals surface area contributed by atoms with Crippen LogP contribution in [0.1, 0.15) is 278 Å². The molecule has 0 N–H and O–H groups in total. The smallest absolute Gasteiger partial charge is 0.306 e. The zero-order valence-electron chi connectivity index (χ0n) is 40.7. The third-order valence-corrected chi connectivity index (χ3v) is 11.6. The largest absolute Gasteiger partial charge is 0.462 e. The second kappa shape index (κ2) is 50.3. The van der Waals surface area contributed by atoms with Gasteiger partial charge in [-0.2, -0.15) is 0 Å². The van der Waals surface area contributed by atoms with Crippen LogP contribution in [-0.4, -0.2) is 37.2 Å². The summed E-state index contributed by atoms with van der Waals surface area (Å²) < 4.78 is 16.7. The first-order valence-corrected chi connectivity index (χ1v) is 26.5. The summed E-state index contributed by atoms with van der Waals surface area (Å²) >= 11 is 0. The van der Waals surface area contributed by atoms with Crippen LogP contribution < -0.4 is 0 Å². The Morgan fingerprint density at radius 2 is 0.541 bits per heavy atom. The van der Waals surface area contributed by atoms with E-state index in [1.807, 2.05) is 0 Å². The number of rotatable bonds is 48. The summed E-state index contributed by atoms with van der Waals surface area (Å²) in [5.74, 6) is -1.05. The minimum absolute atomic E-state index is 0.117. The topological polar surface area (TPSA) is 78.9 Å². The maximum atomic E-state index is 12.8. The molecule has 0 aromatic rings. The van der Waals surface area contributed by atoms with Crippen LogP contribution in [0.4, 0.5) is 0 Å². The summed E-state index contributed by atoms with van der Waals surface area (Å²) in [6, 6.07) is 0. The molecule has 0 spiro atoms. The minimum Gasteiger partial charge on any atom is -0.462 e. The van der Waals surface area contributed by atoms with Crippen molar-refractivity contribution in [3.63, 3.8) is 0 Å². The van der Waals surface area contributed by atoms with E-state index in [2.05, 4.69) is 57.2 Å². The van der Waals surface area contributed by atoms with E-state index in [0.717, 1.165) is 19.3 Å². The molecule has 0 aliphatic carbocycles. The number of esters is 3. The van der Waals surface area contributed by atoms with Gasteiger partial charge in [-0.1, -0.05) is 237 Å². The lowest BCUT2D eigenvalue weighted by atomic mass is 10.1. The van der Waals surface area contributed by atoms with Gasteiger partial charge in [-0.3, -0.25) is 14.4 Å². The fraction of sp³-hybridized carbons (Fsp3) is 0.836. The fourth-order valence-electron chi connectivity index (χ4n) is 7.61. The SMILES string of the molecule is CCCCCCCCCCC/C=C\CCC(=O)OCC(COC(=O)CC/C=C\CCCCCCCCCCCCC)OC(=O)CC/C=C\CCCCCCCCCCCCC. The summed E-state index contributed by atoms with van der Waals surface area (Å²) in [6.07, 6.45) is 58.8. The third kappa shape index (κ3) is 48.5. The molecule has 0 bridgehead atoms. The maximum absolute atomic E-state index is 12.8. The van der Waals surface area contributed by atoms with Crippen molar-refractivity contribution in [1.29, 1.82) is 0 Å². The molecular weight excluding hydrogens is 757 g/mol. The number of hydrogen-bond donors (Lipinski definition) is 0. The standard InChI is InChI=1S/C55H100O6/c1-4-7-10-13-16-19-22-25-27-30-33-36-39-42-45-48-54(57)60-51-52(50-59-53(56)47-44-41-38-35-32-29-24-21-18-15-12-9-6-3)61-55(58)49-46-43-40-37-34-31-28-26-23-20-17-14-11-8-5-2/h38-43,52H,4-37,44-51H2,1-3H3/b41-38-,42-39-,43-40-. The Morgan fingerprint density at radius 3 is 0.820 bits per heavy atom. The van der Waals surface area contributed by atoms with E-state index in [9.17, 15) is 14.4 Å². The van der Waals surface area contributed by atoms with Crippen LogP contribution in [0.15, 0.2) is 36.5 Å². The van der Waals surface area contributed by atoms with Gasteiger partial charge in [0.2, 0.25) is 0 Å². The van der Waals surface area contributed by atoms with Crippen LogP contribution in [0, 0.1) is 0 Å². The van der Waals surface area contributed by atoms with Gasteiger partial charge in [0.25, 0.3) is 0 Å². The van der Waals surface area contributed by atoms with Gasteiger partial charge in [-0.15, -0.1) is 0 Å². The first-order valence-electron chi connectivity index (χ1n) is 26.5. The van der Waals surface area contributed by atoms with E-state index in [0.29, 0.717) is 19.3 Å². The van der Waals surface area contributed by atoms with E-state index in [4.69, 9.17) is 14.2 Å². The highest BCUT2D eigenvalue weighted by Gasteiger charge is 2.19. The second-order valence-electron chi connectivity index (χ2n) is 17.8. The summed E-state index contributed by atoms with van der Waals surface area (Å²) in [7, 11) is 0. The molecule has 0 saturated heterocycles. The normalized spacial score (nSPS) is 12.2. The highest BCUT2D eigenvalue weighted by molar-refractivity contribution is 5.71. The van der Waals surface area contributed by atoms with Gasteiger partial charge < -0.3 is 14.2 Å². The van der Waals surface area contributed by atoms with Crippen molar-refractivity contribution in [2.24, 2.45) is 0 Å². The summed E-state index contributed by atoms with van der Waals surface area (Å²) in [5.41, 5.74) is 0. The zero-order valence-corrected chi connectivity index (χ0v) is 40.7. The van der Waals surface area contributed by atoms with Gasteiger partial charge in [0.1, 0.15) is 13.2 Å². The van der Waals surface area contributed by atoms with Crippen molar-refractivity contribution in [3.05, 3.63) is 36.5 Å². The summed E-state index contributed by atoms with van der Waals surface area (Å²) in [5, 5.41) is 0. The average molecular weight is 857 g/mol. The third-order valence-electron chi connectivity index (χ3n) is 11.6. The fourth-order valence-corrected chi connectivity index (χ4v) is 7.61. The molecule has 0 heterocycles. The van der Waals surface area contributed by atoms with Gasteiger partial charge in [-0.05, 0) is 57.8 Å². The Hall–Kier alpha value is -2.37. The molecule has 1 atom stereocenters. The molecule has 6 heteroatoms. The lowest BCUT2D eigenvalue weighted by molar-refractivity contribution is -0.166. The molecule has 0 amide bonds. The minimum atomic E-state index is -0.820. The van der Waals surface area contributed by atoms with Crippen molar-refractivity contribution in [1.82, 2.24) is 0 Å². The molecule has 0 aromatic carbocycles. The lowest BCUT2D eigenvalue weighted by Gasteiger charge is -2.18. The second-order valence-corrected chi connectivity index (χ2v) is 17.8. The van der Waals surface area contributed by atoms with Gasteiger partial charge in [0.15, 0.2) is 6.10 Å². The molecule has 0 rings (SSSR count). The molecule has 61 heavy (non-hydrogen) atoms. The van der Waals surface area contributed by atoms with Gasteiger partial charge in [0.05, 0.1) is 0 Å². The number of unbranched alkanes of at least 4 members (excludes halogenated alkanes) is 31. The average Bonchev–Trinajstić information content (AvgIpc) is 3.26. The summed E-state index contributed by atoms with van der Waals surface area (Å²) in [6.45, 7) is 6.56. The van der Waals surface area contributed by atoms with Crippen LogP contribution in [0.3, 0.4) is 0 Å². The van der Waals surface area contributed by atoms with Crippen LogP contribution in [0.5, 0.6) is 0 Å². The van der Waals surface area contributed by atoms with Crippen LogP contribution >= 0.6 is 0 Å². The van der Waals surface area contributed by atoms with Crippen molar-refractivity contribution >= 4 is 17.9 Å². The highest BCUT2D eigenvalue weighted by Crippen LogP contribution is 2.15. The van der Waals surface area contributed by atoms with Gasteiger partial charge in [-0.25, -0.2) is 0 Å². The van der Waals surface area contributed by atoms with Gasteiger partial charge >= 0.3 is 17.9 Å². The maximum Gasteiger partial charge on any atom is 0.306 e. The number of carbonyl (C=O) groups excluding carboxylic acids is 3. The highest BCUT2D eigenvalue weighted by atomic mass is 16.6. The quantitative estimate of drug-likeness (QED) is 0.0262. The van der Waals surface area contributed by atoms with Crippen molar-refractivity contribution in [2.45, 2.75) is 284 Å². The number of ether oxygens (including phenoxy) is 3. The molecular formula is C55H100O6. The predicted octanol–water partition coefficient (Wildman–Crippen LogP) is 17.3. The Balaban J connectivity index is 4.45. The van der Waals surface area contributed by atoms with Crippen molar-refractivity contribution in [3.8, 4) is 0 Å². The zero-order chi connectivity index (χ0) is 44.4. The van der Waals surface area contributed by atoms with Crippen LogP contribution in [-0.2, 0) is 28.6 Å². The van der Waals surface area contributed by atoms with Crippen LogP contribution in [0.25, 0.3) is 0 Å². The number of allylic oxidation sites excluding steroid dienone is 6. The first-order chi connectivity index (χ1) is 30.0. The molecule has 1 unspecified atom stereocenters. The van der Waals surface area contributed by atoms with Crippen molar-refractivity contribution in [2.75, 3.05) is 13.2 Å². The molecule has 0 saturated carbocycles. The van der Waals surface area contributed by atoms with Crippen molar-refractivity contribution < 1.29 is 28.6 Å².